The fourth-order valence-corrected chi connectivity index (χ4v) is 5.07. The largest absolute Gasteiger partial charge is 0.507 e. The Morgan fingerprint density at radius 3 is 2.26 bits per heavy atom. The quantitative estimate of drug-likeness (QED) is 0.293. The molecule has 3 aromatic carbocycles. The predicted molar refractivity (Wildman–Crippen MR) is 135 cm³/mol. The molecule has 0 saturated carbocycles. The molecule has 1 amide bonds. The highest BCUT2D eigenvalue weighted by atomic mass is 35.5. The molecule has 0 spiro atoms. The van der Waals surface area contributed by atoms with Gasteiger partial charge in [0.25, 0.3) is 11.7 Å². The molecule has 6 heteroatoms. The summed E-state index contributed by atoms with van der Waals surface area (Å²) in [5, 5.41) is 11.7. The van der Waals surface area contributed by atoms with Crippen LogP contribution in [-0.2, 0) is 9.59 Å². The number of Topliss-reactive ketones (excluding diaryl/α,β-unsaturated/α-hetero) is 1. The molecule has 0 aromatic heterocycles. The Morgan fingerprint density at radius 2 is 1.59 bits per heavy atom. The van der Waals surface area contributed by atoms with E-state index >= 15 is 0 Å². The summed E-state index contributed by atoms with van der Waals surface area (Å²) in [5.74, 6) is -1.61. The number of aryl methyl sites for hydroxylation is 1. The van der Waals surface area contributed by atoms with Crippen LogP contribution in [-0.4, -0.2) is 29.9 Å². The number of benzene rings is 3. The number of hydrogen-bond acceptors (Lipinski definition) is 4. The van der Waals surface area contributed by atoms with Crippen LogP contribution in [0.25, 0.3) is 5.76 Å². The summed E-state index contributed by atoms with van der Waals surface area (Å²) in [6, 6.07) is 21.3. The number of halogens is 1. The second-order valence-corrected chi connectivity index (χ2v) is 9.18. The molecule has 5 rings (SSSR count). The van der Waals surface area contributed by atoms with E-state index < -0.39 is 17.7 Å². The van der Waals surface area contributed by atoms with Crippen molar-refractivity contribution >= 4 is 40.4 Å². The van der Waals surface area contributed by atoms with Gasteiger partial charge in [-0.05, 0) is 67.3 Å². The lowest BCUT2D eigenvalue weighted by Crippen LogP contribution is -2.29. The average Bonchev–Trinajstić information content (AvgIpc) is 3.47. The van der Waals surface area contributed by atoms with Crippen LogP contribution < -0.4 is 9.80 Å². The van der Waals surface area contributed by atoms with Gasteiger partial charge in [0.2, 0.25) is 0 Å². The van der Waals surface area contributed by atoms with Gasteiger partial charge >= 0.3 is 0 Å². The number of amides is 1. The van der Waals surface area contributed by atoms with Gasteiger partial charge in [-0.15, -0.1) is 0 Å². The normalized spacial score (nSPS) is 19.8. The number of aliphatic hydroxyl groups is 1. The zero-order chi connectivity index (χ0) is 23.8. The molecule has 2 aliphatic heterocycles. The van der Waals surface area contributed by atoms with Crippen molar-refractivity contribution < 1.29 is 14.7 Å². The van der Waals surface area contributed by atoms with Crippen LogP contribution in [0.2, 0.25) is 5.02 Å². The number of nitrogens with zero attached hydrogens (tertiary/aromatic N) is 2. The minimum absolute atomic E-state index is 0.0604. The monoisotopic (exact) mass is 472 g/mol. The second-order valence-electron chi connectivity index (χ2n) is 8.75. The molecule has 0 radical (unpaired) electrons. The summed E-state index contributed by atoms with van der Waals surface area (Å²) >= 11 is 6.13. The number of rotatable bonds is 4. The molecule has 0 aliphatic carbocycles. The first-order valence-electron chi connectivity index (χ1n) is 11.4. The minimum Gasteiger partial charge on any atom is -0.507 e. The van der Waals surface area contributed by atoms with E-state index in [1.165, 1.54) is 17.7 Å². The maximum atomic E-state index is 13.3. The van der Waals surface area contributed by atoms with Crippen LogP contribution >= 0.6 is 11.6 Å². The molecule has 34 heavy (non-hydrogen) atoms. The van der Waals surface area contributed by atoms with Gasteiger partial charge in [0.1, 0.15) is 5.76 Å². The summed E-state index contributed by atoms with van der Waals surface area (Å²) in [5.41, 5.74) is 3.88. The fraction of sp³-hybridized carbons (Fsp3) is 0.214. The Hall–Kier alpha value is -3.57. The smallest absolute Gasteiger partial charge is 0.300 e. The van der Waals surface area contributed by atoms with Crippen molar-refractivity contribution in [3.8, 4) is 0 Å². The van der Waals surface area contributed by atoms with E-state index in [2.05, 4.69) is 4.90 Å². The summed E-state index contributed by atoms with van der Waals surface area (Å²) in [6.45, 7) is 3.98. The standard InChI is InChI=1S/C28H25ClN2O3/c1-18-7-2-3-10-23(18)25-24(26(32)19-8-6-9-20(29)17-19)27(33)28(34)31(25)22-13-11-21(12-14-22)30-15-4-5-16-30/h2-3,6-14,17,25,32H,4-5,15-16H2,1H3/b26-24+. The Morgan fingerprint density at radius 1 is 0.912 bits per heavy atom. The molecule has 1 atom stereocenters. The van der Waals surface area contributed by atoms with Gasteiger partial charge in [0.15, 0.2) is 0 Å². The highest BCUT2D eigenvalue weighted by molar-refractivity contribution is 6.51. The molecule has 172 valence electrons. The van der Waals surface area contributed by atoms with E-state index in [1.54, 1.807) is 24.3 Å². The number of anilines is 2. The summed E-state index contributed by atoms with van der Waals surface area (Å²) in [6.07, 6.45) is 2.35. The molecule has 2 aliphatic rings. The molecular formula is C28H25ClN2O3. The van der Waals surface area contributed by atoms with Crippen LogP contribution in [0.5, 0.6) is 0 Å². The van der Waals surface area contributed by atoms with Crippen LogP contribution in [0.1, 0.15) is 35.6 Å². The van der Waals surface area contributed by atoms with Crippen LogP contribution in [0.3, 0.4) is 0 Å². The van der Waals surface area contributed by atoms with Crippen LogP contribution in [0.4, 0.5) is 11.4 Å². The third-order valence-electron chi connectivity index (χ3n) is 6.62. The molecule has 2 fully saturated rings. The zero-order valence-electron chi connectivity index (χ0n) is 18.9. The van der Waals surface area contributed by atoms with Gasteiger partial charge in [0.05, 0.1) is 11.6 Å². The molecule has 2 saturated heterocycles. The van der Waals surface area contributed by atoms with Crippen molar-refractivity contribution in [3.05, 3.63) is 100 Å². The molecular weight excluding hydrogens is 448 g/mol. The van der Waals surface area contributed by atoms with Gasteiger partial charge < -0.3 is 10.0 Å². The predicted octanol–water partition coefficient (Wildman–Crippen LogP) is 5.87. The zero-order valence-corrected chi connectivity index (χ0v) is 19.6. The minimum atomic E-state index is -0.752. The van der Waals surface area contributed by atoms with Crippen LogP contribution in [0, 0.1) is 6.92 Å². The van der Waals surface area contributed by atoms with Crippen molar-refractivity contribution in [1.29, 1.82) is 0 Å². The Balaban J connectivity index is 1.65. The molecule has 5 nitrogen and oxygen atoms in total. The maximum absolute atomic E-state index is 13.3. The average molecular weight is 473 g/mol. The number of ketones is 1. The van der Waals surface area contributed by atoms with Gasteiger partial charge in [-0.25, -0.2) is 0 Å². The molecule has 1 unspecified atom stereocenters. The Kier molecular flexibility index (Phi) is 5.88. The lowest BCUT2D eigenvalue weighted by atomic mass is 9.92. The van der Waals surface area contributed by atoms with E-state index in [1.807, 2.05) is 55.5 Å². The fourth-order valence-electron chi connectivity index (χ4n) is 4.88. The summed E-state index contributed by atoms with van der Waals surface area (Å²) < 4.78 is 0. The Bertz CT molecular complexity index is 1290. The van der Waals surface area contributed by atoms with Gasteiger partial charge in [-0.2, -0.15) is 0 Å². The van der Waals surface area contributed by atoms with Crippen molar-refractivity contribution in [2.75, 3.05) is 22.9 Å². The highest BCUT2D eigenvalue weighted by Crippen LogP contribution is 2.43. The third kappa shape index (κ3) is 3.86. The Labute approximate surface area is 203 Å². The van der Waals surface area contributed by atoms with E-state index in [4.69, 9.17) is 11.6 Å². The van der Waals surface area contributed by atoms with Crippen molar-refractivity contribution in [2.24, 2.45) is 0 Å². The van der Waals surface area contributed by atoms with Crippen molar-refractivity contribution in [1.82, 2.24) is 0 Å². The maximum Gasteiger partial charge on any atom is 0.300 e. The summed E-state index contributed by atoms with van der Waals surface area (Å²) in [7, 11) is 0. The topological polar surface area (TPSA) is 60.9 Å². The number of carbonyl (C=O) groups excluding carboxylic acids is 2. The van der Waals surface area contributed by atoms with Crippen LogP contribution in [0.15, 0.2) is 78.4 Å². The van der Waals surface area contributed by atoms with Crippen molar-refractivity contribution in [3.63, 3.8) is 0 Å². The second kappa shape index (κ2) is 8.99. The highest BCUT2D eigenvalue weighted by Gasteiger charge is 2.47. The first kappa shape index (κ1) is 22.2. The van der Waals surface area contributed by atoms with Crippen molar-refractivity contribution in [2.45, 2.75) is 25.8 Å². The molecule has 3 aromatic rings. The summed E-state index contributed by atoms with van der Waals surface area (Å²) in [4.78, 5) is 30.5. The lowest BCUT2D eigenvalue weighted by molar-refractivity contribution is -0.132. The number of carbonyl (C=O) groups is 2. The van der Waals surface area contributed by atoms with E-state index in [0.717, 1.165) is 29.9 Å². The van der Waals surface area contributed by atoms with E-state index in [9.17, 15) is 14.7 Å². The first-order chi connectivity index (χ1) is 16.5. The van der Waals surface area contributed by atoms with Gasteiger partial charge in [-0.3, -0.25) is 14.5 Å². The van der Waals surface area contributed by atoms with Gasteiger partial charge in [-0.1, -0.05) is 48.0 Å². The van der Waals surface area contributed by atoms with E-state index in [-0.39, 0.29) is 11.3 Å². The van der Waals surface area contributed by atoms with Gasteiger partial charge in [0, 0.05) is 35.1 Å². The SMILES string of the molecule is Cc1ccccc1C1/C(=C(\O)c2cccc(Cl)c2)C(=O)C(=O)N1c1ccc(N2CCCC2)cc1. The molecule has 2 heterocycles. The first-order valence-corrected chi connectivity index (χ1v) is 11.8. The number of hydrogen-bond donors (Lipinski definition) is 1. The lowest BCUT2D eigenvalue weighted by Gasteiger charge is -2.27. The molecule has 1 N–H and O–H groups in total. The van der Waals surface area contributed by atoms with E-state index in [0.29, 0.717) is 16.3 Å². The third-order valence-corrected chi connectivity index (χ3v) is 6.86. The molecule has 0 bridgehead atoms. The number of aliphatic hydroxyl groups excluding tert-OH is 1.